The Hall–Kier alpha value is -0.730. The van der Waals surface area contributed by atoms with Crippen LogP contribution in [0, 0.1) is 5.92 Å². The minimum Gasteiger partial charge on any atom is -0.389 e. The van der Waals surface area contributed by atoms with E-state index >= 15 is 0 Å². The molecule has 1 unspecified atom stereocenters. The summed E-state index contributed by atoms with van der Waals surface area (Å²) in [5, 5.41) is 10.1. The van der Waals surface area contributed by atoms with E-state index in [1.165, 1.54) is 0 Å². The van der Waals surface area contributed by atoms with Gasteiger partial charge < -0.3 is 10.0 Å². The van der Waals surface area contributed by atoms with Crippen LogP contribution in [0.2, 0.25) is 5.02 Å². The first-order valence-corrected chi connectivity index (χ1v) is 5.98. The largest absolute Gasteiger partial charge is 0.389 e. The molecular formula is C13H20ClNO. The van der Waals surface area contributed by atoms with E-state index in [1.807, 2.05) is 25.2 Å². The highest BCUT2D eigenvalue weighted by Crippen LogP contribution is 2.27. The molecule has 0 fully saturated rings. The number of halogens is 1. The lowest BCUT2D eigenvalue weighted by atomic mass is 10.1. The molecule has 0 saturated carbocycles. The Balaban J connectivity index is 2.88. The van der Waals surface area contributed by atoms with Crippen molar-refractivity contribution in [2.24, 2.45) is 5.92 Å². The molecule has 1 rings (SSSR count). The van der Waals surface area contributed by atoms with Crippen LogP contribution in [0.25, 0.3) is 0 Å². The molecule has 16 heavy (non-hydrogen) atoms. The molecule has 0 heterocycles. The van der Waals surface area contributed by atoms with Gasteiger partial charge in [0.05, 0.1) is 6.10 Å². The minimum atomic E-state index is -0.517. The van der Waals surface area contributed by atoms with E-state index < -0.39 is 6.10 Å². The fourth-order valence-electron chi connectivity index (χ4n) is 1.75. The lowest BCUT2D eigenvalue weighted by molar-refractivity contribution is 0.199. The third-order valence-electron chi connectivity index (χ3n) is 2.51. The van der Waals surface area contributed by atoms with E-state index in [2.05, 4.69) is 18.7 Å². The third-order valence-corrected chi connectivity index (χ3v) is 2.84. The van der Waals surface area contributed by atoms with Crippen LogP contribution >= 0.6 is 11.6 Å². The summed E-state index contributed by atoms with van der Waals surface area (Å²) in [5.74, 6) is 0.611. The van der Waals surface area contributed by atoms with Crippen molar-refractivity contribution in [3.05, 3.63) is 28.8 Å². The average Bonchev–Trinajstić information content (AvgIpc) is 2.15. The molecule has 0 spiro atoms. The quantitative estimate of drug-likeness (QED) is 0.873. The van der Waals surface area contributed by atoms with Gasteiger partial charge in [0.1, 0.15) is 0 Å². The topological polar surface area (TPSA) is 23.5 Å². The normalized spacial score (nSPS) is 12.9. The van der Waals surface area contributed by atoms with Crippen LogP contribution < -0.4 is 4.90 Å². The zero-order valence-corrected chi connectivity index (χ0v) is 11.1. The molecular weight excluding hydrogens is 222 g/mol. The Labute approximate surface area is 103 Å². The third kappa shape index (κ3) is 3.39. The van der Waals surface area contributed by atoms with Crippen LogP contribution in [0.3, 0.4) is 0 Å². The number of hydrogen-bond donors (Lipinski definition) is 1. The van der Waals surface area contributed by atoms with Crippen molar-refractivity contribution in [3.63, 3.8) is 0 Å². The molecule has 0 amide bonds. The number of anilines is 1. The summed E-state index contributed by atoms with van der Waals surface area (Å²) in [5.41, 5.74) is 1.87. The van der Waals surface area contributed by atoms with Crippen LogP contribution in [-0.2, 0) is 0 Å². The van der Waals surface area contributed by atoms with E-state index in [-0.39, 0.29) is 0 Å². The van der Waals surface area contributed by atoms with Crippen LogP contribution in [0.1, 0.15) is 32.4 Å². The summed E-state index contributed by atoms with van der Waals surface area (Å²) in [4.78, 5) is 2.17. The van der Waals surface area contributed by atoms with Gasteiger partial charge in [-0.2, -0.15) is 0 Å². The van der Waals surface area contributed by atoms with Gasteiger partial charge in [0, 0.05) is 24.3 Å². The number of aliphatic hydroxyl groups excluding tert-OH is 1. The van der Waals surface area contributed by atoms with Gasteiger partial charge in [-0.3, -0.25) is 0 Å². The molecule has 3 heteroatoms. The van der Waals surface area contributed by atoms with Gasteiger partial charge in [-0.25, -0.2) is 0 Å². The molecule has 90 valence electrons. The molecule has 2 nitrogen and oxygen atoms in total. The van der Waals surface area contributed by atoms with Crippen molar-refractivity contribution in [2.75, 3.05) is 18.5 Å². The van der Waals surface area contributed by atoms with Gasteiger partial charge in [-0.1, -0.05) is 31.5 Å². The van der Waals surface area contributed by atoms with Gasteiger partial charge in [0.15, 0.2) is 0 Å². The fraction of sp³-hybridized carbons (Fsp3) is 0.538. The maximum absolute atomic E-state index is 9.48. The number of benzene rings is 1. The molecule has 0 saturated heterocycles. The molecule has 1 atom stereocenters. The van der Waals surface area contributed by atoms with Gasteiger partial charge in [0.2, 0.25) is 0 Å². The highest BCUT2D eigenvalue weighted by atomic mass is 35.5. The molecule has 1 aromatic rings. The number of rotatable bonds is 4. The highest BCUT2D eigenvalue weighted by molar-refractivity contribution is 6.31. The molecule has 0 radical (unpaired) electrons. The minimum absolute atomic E-state index is 0.517. The summed E-state index contributed by atoms with van der Waals surface area (Å²) >= 11 is 6.12. The predicted octanol–water partition coefficient (Wildman–Crippen LogP) is 3.49. The number of hydrogen-bond acceptors (Lipinski definition) is 2. The second-order valence-electron chi connectivity index (χ2n) is 4.66. The van der Waals surface area contributed by atoms with Crippen molar-refractivity contribution in [3.8, 4) is 0 Å². The first kappa shape index (κ1) is 13.3. The number of aliphatic hydroxyl groups is 1. The van der Waals surface area contributed by atoms with Crippen molar-refractivity contribution < 1.29 is 5.11 Å². The summed E-state index contributed by atoms with van der Waals surface area (Å²) in [6.07, 6.45) is -0.517. The Bertz CT molecular complexity index is 350. The van der Waals surface area contributed by atoms with Gasteiger partial charge in [-0.05, 0) is 30.5 Å². The number of nitrogens with zero attached hydrogens (tertiary/aromatic N) is 1. The van der Waals surface area contributed by atoms with Crippen LogP contribution in [-0.4, -0.2) is 18.7 Å². The highest BCUT2D eigenvalue weighted by Gasteiger charge is 2.09. The van der Waals surface area contributed by atoms with E-state index in [0.717, 1.165) is 17.8 Å². The van der Waals surface area contributed by atoms with Crippen LogP contribution in [0.5, 0.6) is 0 Å². The fourth-order valence-corrected chi connectivity index (χ4v) is 2.08. The van der Waals surface area contributed by atoms with E-state index in [9.17, 15) is 5.11 Å². The Kier molecular flexibility index (Phi) is 4.63. The first-order valence-electron chi connectivity index (χ1n) is 5.60. The van der Waals surface area contributed by atoms with E-state index in [4.69, 9.17) is 11.6 Å². The summed E-state index contributed by atoms with van der Waals surface area (Å²) in [6.45, 7) is 7.08. The molecule has 0 aliphatic rings. The summed E-state index contributed by atoms with van der Waals surface area (Å²) in [7, 11) is 2.05. The second kappa shape index (κ2) is 5.55. The van der Waals surface area contributed by atoms with Crippen molar-refractivity contribution in [1.82, 2.24) is 0 Å². The first-order chi connectivity index (χ1) is 7.41. The Morgan fingerprint density at radius 1 is 1.31 bits per heavy atom. The van der Waals surface area contributed by atoms with Gasteiger partial charge in [-0.15, -0.1) is 0 Å². The van der Waals surface area contributed by atoms with E-state index in [0.29, 0.717) is 10.9 Å². The molecule has 0 aromatic heterocycles. The standard InChI is InChI=1S/C13H20ClNO/c1-9(2)8-15(4)11-5-6-12(10(3)16)13(14)7-11/h5-7,9-10,16H,8H2,1-4H3. The van der Waals surface area contributed by atoms with Crippen LogP contribution in [0.4, 0.5) is 5.69 Å². The molecule has 1 N–H and O–H groups in total. The molecule has 0 bridgehead atoms. The van der Waals surface area contributed by atoms with Crippen molar-refractivity contribution >= 4 is 17.3 Å². The van der Waals surface area contributed by atoms with E-state index in [1.54, 1.807) is 6.92 Å². The summed E-state index contributed by atoms with van der Waals surface area (Å²) < 4.78 is 0. The second-order valence-corrected chi connectivity index (χ2v) is 5.06. The van der Waals surface area contributed by atoms with Crippen LogP contribution in [0.15, 0.2) is 18.2 Å². The van der Waals surface area contributed by atoms with Gasteiger partial charge in [0.25, 0.3) is 0 Å². The smallest absolute Gasteiger partial charge is 0.0776 e. The molecule has 0 aliphatic carbocycles. The maximum Gasteiger partial charge on any atom is 0.0776 e. The Morgan fingerprint density at radius 2 is 1.94 bits per heavy atom. The lowest BCUT2D eigenvalue weighted by Gasteiger charge is -2.22. The monoisotopic (exact) mass is 241 g/mol. The average molecular weight is 242 g/mol. The summed E-state index contributed by atoms with van der Waals surface area (Å²) in [6, 6.07) is 5.79. The Morgan fingerprint density at radius 3 is 2.38 bits per heavy atom. The van der Waals surface area contributed by atoms with Gasteiger partial charge >= 0.3 is 0 Å². The van der Waals surface area contributed by atoms with Crippen molar-refractivity contribution in [2.45, 2.75) is 26.9 Å². The molecule has 1 aromatic carbocycles. The zero-order chi connectivity index (χ0) is 12.3. The van der Waals surface area contributed by atoms with Crippen molar-refractivity contribution in [1.29, 1.82) is 0 Å². The predicted molar refractivity (Wildman–Crippen MR) is 70.2 cm³/mol. The zero-order valence-electron chi connectivity index (χ0n) is 10.4. The lowest BCUT2D eigenvalue weighted by Crippen LogP contribution is -2.22. The maximum atomic E-state index is 9.48. The molecule has 0 aliphatic heterocycles. The SMILES string of the molecule is CC(C)CN(C)c1ccc(C(C)O)c(Cl)c1.